The zero-order chi connectivity index (χ0) is 15.6. The molecule has 0 saturated carbocycles. The van der Waals surface area contributed by atoms with Crippen LogP contribution < -0.4 is 11.1 Å². The molecule has 1 atom stereocenters. The summed E-state index contributed by atoms with van der Waals surface area (Å²) in [7, 11) is 0. The molecule has 0 saturated heterocycles. The molecule has 0 radical (unpaired) electrons. The van der Waals surface area contributed by atoms with Crippen molar-refractivity contribution in [3.63, 3.8) is 0 Å². The van der Waals surface area contributed by atoms with Crippen molar-refractivity contribution in [2.24, 2.45) is 5.73 Å². The summed E-state index contributed by atoms with van der Waals surface area (Å²) in [6, 6.07) is 4.38. The molecule has 2 aromatic rings. The van der Waals surface area contributed by atoms with E-state index in [0.717, 1.165) is 17.4 Å². The van der Waals surface area contributed by atoms with E-state index < -0.39 is 5.54 Å². The summed E-state index contributed by atoms with van der Waals surface area (Å²) >= 11 is 0. The second-order valence-electron chi connectivity index (χ2n) is 5.64. The summed E-state index contributed by atoms with van der Waals surface area (Å²) in [6.07, 6.45) is 1.45. The van der Waals surface area contributed by atoms with Gasteiger partial charge in [0.05, 0.1) is 12.1 Å². The monoisotopic (exact) mass is 328 g/mol. The van der Waals surface area contributed by atoms with Gasteiger partial charge in [0.1, 0.15) is 17.2 Å². The van der Waals surface area contributed by atoms with Crippen LogP contribution in [0.4, 0.5) is 4.39 Å². The molecule has 1 aromatic heterocycles. The molecular weight excluding hydrogens is 307 g/mol. The first kappa shape index (κ1) is 18.5. The van der Waals surface area contributed by atoms with E-state index in [9.17, 15) is 9.18 Å². The number of benzene rings is 1. The predicted molar refractivity (Wildman–Crippen MR) is 87.5 cm³/mol. The molecule has 0 bridgehead atoms. The Morgan fingerprint density at radius 2 is 2.14 bits per heavy atom. The lowest BCUT2D eigenvalue weighted by atomic mass is 9.96. The van der Waals surface area contributed by atoms with Crippen molar-refractivity contribution in [3.8, 4) is 0 Å². The van der Waals surface area contributed by atoms with Gasteiger partial charge in [0, 0.05) is 10.9 Å². The number of rotatable bonds is 5. The average molecular weight is 329 g/mol. The number of furan rings is 1. The molecule has 0 aliphatic rings. The molecule has 2 rings (SSSR count). The highest BCUT2D eigenvalue weighted by Crippen LogP contribution is 2.26. The summed E-state index contributed by atoms with van der Waals surface area (Å²) in [4.78, 5) is 12.1. The first-order chi connectivity index (χ1) is 9.85. The number of hydrogen-bond donors (Lipinski definition) is 2. The van der Waals surface area contributed by atoms with Crippen molar-refractivity contribution >= 4 is 29.3 Å². The molecule has 4 nitrogen and oxygen atoms in total. The second-order valence-corrected chi connectivity index (χ2v) is 5.64. The summed E-state index contributed by atoms with van der Waals surface area (Å²) < 4.78 is 18.9. The van der Waals surface area contributed by atoms with Crippen LogP contribution in [0.1, 0.15) is 38.0 Å². The van der Waals surface area contributed by atoms with Crippen molar-refractivity contribution in [2.75, 3.05) is 0 Å². The molecule has 6 heteroatoms. The molecule has 0 aliphatic carbocycles. The quantitative estimate of drug-likeness (QED) is 0.883. The Kier molecular flexibility index (Phi) is 5.97. The number of aryl methyl sites for hydroxylation is 1. The number of nitrogens with one attached hydrogen (secondary N) is 1. The van der Waals surface area contributed by atoms with Crippen molar-refractivity contribution in [3.05, 3.63) is 35.3 Å². The molecule has 0 fully saturated rings. The minimum absolute atomic E-state index is 0. The molecule has 1 aromatic carbocycles. The Hall–Kier alpha value is -1.59. The maximum Gasteiger partial charge on any atom is 0.240 e. The highest BCUT2D eigenvalue weighted by atomic mass is 35.5. The van der Waals surface area contributed by atoms with Crippen LogP contribution in [0.15, 0.2) is 22.6 Å². The molecule has 1 heterocycles. The van der Waals surface area contributed by atoms with Gasteiger partial charge >= 0.3 is 0 Å². The Morgan fingerprint density at radius 1 is 1.45 bits per heavy atom. The van der Waals surface area contributed by atoms with Gasteiger partial charge in [-0.3, -0.25) is 4.79 Å². The number of carbonyl (C=O) groups is 1. The SMILES string of the molecule is CCCC(C)(N)C(=O)NCc1oc2ccc(F)cc2c1C.Cl. The van der Waals surface area contributed by atoms with Crippen LogP contribution in [0.3, 0.4) is 0 Å². The molecule has 0 aliphatic heterocycles. The summed E-state index contributed by atoms with van der Waals surface area (Å²) in [6.45, 7) is 5.79. The first-order valence-corrected chi connectivity index (χ1v) is 7.10. The number of hydrogen-bond acceptors (Lipinski definition) is 3. The van der Waals surface area contributed by atoms with Crippen LogP contribution in [0.5, 0.6) is 0 Å². The molecule has 3 N–H and O–H groups in total. The van der Waals surface area contributed by atoms with Crippen molar-refractivity contribution < 1.29 is 13.6 Å². The zero-order valence-electron chi connectivity index (χ0n) is 13.0. The lowest BCUT2D eigenvalue weighted by Gasteiger charge is -2.22. The normalized spacial score (nSPS) is 13.5. The summed E-state index contributed by atoms with van der Waals surface area (Å²) in [5, 5.41) is 3.51. The third-order valence-corrected chi connectivity index (χ3v) is 3.69. The van der Waals surface area contributed by atoms with E-state index in [1.807, 2.05) is 13.8 Å². The van der Waals surface area contributed by atoms with E-state index >= 15 is 0 Å². The van der Waals surface area contributed by atoms with E-state index in [1.54, 1.807) is 13.0 Å². The van der Waals surface area contributed by atoms with Gasteiger partial charge in [0.15, 0.2) is 0 Å². The smallest absolute Gasteiger partial charge is 0.240 e. The van der Waals surface area contributed by atoms with Crippen LogP contribution in [0.25, 0.3) is 11.0 Å². The second kappa shape index (κ2) is 7.11. The predicted octanol–water partition coefficient (Wildman–Crippen LogP) is 3.44. The number of amides is 1. The molecule has 0 spiro atoms. The van der Waals surface area contributed by atoms with Crippen molar-refractivity contribution in [2.45, 2.75) is 45.7 Å². The average Bonchev–Trinajstić information content (AvgIpc) is 2.73. The lowest BCUT2D eigenvalue weighted by Crippen LogP contribution is -2.51. The minimum Gasteiger partial charge on any atom is -0.459 e. The fourth-order valence-electron chi connectivity index (χ4n) is 2.41. The molecule has 1 amide bonds. The Labute approximate surface area is 135 Å². The third kappa shape index (κ3) is 3.78. The Balaban J connectivity index is 0.00000242. The number of fused-ring (bicyclic) bond motifs is 1. The van der Waals surface area contributed by atoms with E-state index in [4.69, 9.17) is 10.2 Å². The van der Waals surface area contributed by atoms with Gasteiger partial charge in [-0.05, 0) is 38.5 Å². The molecule has 122 valence electrons. The van der Waals surface area contributed by atoms with Gasteiger partial charge in [-0.2, -0.15) is 0 Å². The topological polar surface area (TPSA) is 68.3 Å². The number of carbonyl (C=O) groups excluding carboxylic acids is 1. The maximum absolute atomic E-state index is 13.3. The highest BCUT2D eigenvalue weighted by Gasteiger charge is 2.27. The maximum atomic E-state index is 13.3. The Bertz CT molecular complexity index is 667. The number of nitrogens with two attached hydrogens (primary N) is 1. The summed E-state index contributed by atoms with van der Waals surface area (Å²) in [5.74, 6) is 0.103. The van der Waals surface area contributed by atoms with Crippen molar-refractivity contribution in [1.29, 1.82) is 0 Å². The van der Waals surface area contributed by atoms with Gasteiger partial charge in [-0.15, -0.1) is 12.4 Å². The van der Waals surface area contributed by atoms with E-state index in [0.29, 0.717) is 17.8 Å². The van der Waals surface area contributed by atoms with Gasteiger partial charge in [0.25, 0.3) is 0 Å². The van der Waals surface area contributed by atoms with E-state index in [-0.39, 0.29) is 30.7 Å². The third-order valence-electron chi connectivity index (χ3n) is 3.69. The van der Waals surface area contributed by atoms with Crippen LogP contribution in [0, 0.1) is 12.7 Å². The van der Waals surface area contributed by atoms with Crippen LogP contribution in [0.2, 0.25) is 0 Å². The standard InChI is InChI=1S/C16H21FN2O2.ClH/c1-4-7-16(3,18)15(20)19-9-14-10(2)12-8-11(17)5-6-13(12)21-14;/h5-6,8H,4,7,9,18H2,1-3H3,(H,19,20);1H. The summed E-state index contributed by atoms with van der Waals surface area (Å²) in [5.41, 5.74) is 6.53. The van der Waals surface area contributed by atoms with Crippen LogP contribution in [-0.2, 0) is 11.3 Å². The number of halogens is 2. The molecule has 22 heavy (non-hydrogen) atoms. The molecule has 1 unspecified atom stereocenters. The van der Waals surface area contributed by atoms with E-state index in [1.165, 1.54) is 12.1 Å². The fourth-order valence-corrected chi connectivity index (χ4v) is 2.41. The Morgan fingerprint density at radius 3 is 2.77 bits per heavy atom. The van der Waals surface area contributed by atoms with Crippen molar-refractivity contribution in [1.82, 2.24) is 5.32 Å². The molecular formula is C16H22ClFN2O2. The van der Waals surface area contributed by atoms with E-state index in [2.05, 4.69) is 5.32 Å². The van der Waals surface area contributed by atoms with Gasteiger partial charge in [-0.25, -0.2) is 4.39 Å². The van der Waals surface area contributed by atoms with Gasteiger partial charge < -0.3 is 15.5 Å². The van der Waals surface area contributed by atoms with Crippen LogP contribution >= 0.6 is 12.4 Å². The first-order valence-electron chi connectivity index (χ1n) is 7.10. The zero-order valence-corrected chi connectivity index (χ0v) is 13.8. The van der Waals surface area contributed by atoms with Gasteiger partial charge in [-0.1, -0.05) is 13.3 Å². The van der Waals surface area contributed by atoms with Gasteiger partial charge in [0.2, 0.25) is 5.91 Å². The highest BCUT2D eigenvalue weighted by molar-refractivity contribution is 5.86. The largest absolute Gasteiger partial charge is 0.459 e. The minimum atomic E-state index is -0.888. The van der Waals surface area contributed by atoms with Crippen LogP contribution in [-0.4, -0.2) is 11.4 Å². The fraction of sp³-hybridized carbons (Fsp3) is 0.438. The lowest BCUT2D eigenvalue weighted by molar-refractivity contribution is -0.126.